The van der Waals surface area contributed by atoms with Crippen LogP contribution < -0.4 is 35.8 Å². The van der Waals surface area contributed by atoms with E-state index in [2.05, 4.69) is 153 Å². The summed E-state index contributed by atoms with van der Waals surface area (Å²) in [6, 6.07) is 50.1. The summed E-state index contributed by atoms with van der Waals surface area (Å²) in [4.78, 5) is 24.3. The second kappa shape index (κ2) is 20.6. The van der Waals surface area contributed by atoms with Gasteiger partial charge in [-0.3, -0.25) is 9.69 Å². The molecular weight excluding hydrogens is 881 g/mol. The van der Waals surface area contributed by atoms with Crippen LogP contribution in [0.2, 0.25) is 0 Å². The van der Waals surface area contributed by atoms with Crippen LogP contribution >= 0.6 is 24.4 Å². The Morgan fingerprint density at radius 3 is 1.54 bits per heavy atom. The SMILES string of the molecule is CCN(CC)c1ccc2c(c1)Oc1cc(N(CC)CC)ccc1C21c2ccccc2C(=O)N1CCN(CCNC(=S)Nc1cccc2ccccc12)CCNC(=S)Nc1cccc2ccccc12. The normalized spacial score (nSPS) is 13.2. The number of fused-ring (bicyclic) bond motifs is 8. The first-order valence-corrected chi connectivity index (χ1v) is 24.7. The number of nitrogens with one attached hydrogen (secondary N) is 4. The van der Waals surface area contributed by atoms with Crippen molar-refractivity contribution in [1.29, 1.82) is 0 Å². The van der Waals surface area contributed by atoms with Crippen molar-refractivity contribution >= 4 is 84.9 Å². The summed E-state index contributed by atoms with van der Waals surface area (Å²) in [6.07, 6.45) is 0. The molecule has 0 radical (unpaired) electrons. The monoisotopic (exact) mass is 940 g/mol. The van der Waals surface area contributed by atoms with Crippen molar-refractivity contribution in [2.24, 2.45) is 0 Å². The van der Waals surface area contributed by atoms with Crippen LogP contribution in [0.3, 0.4) is 0 Å². The van der Waals surface area contributed by atoms with Gasteiger partial charge in [-0.2, -0.15) is 0 Å². The zero-order valence-electron chi connectivity index (χ0n) is 39.3. The van der Waals surface area contributed by atoms with Gasteiger partial charge in [-0.05, 0) is 98.8 Å². The Labute approximate surface area is 411 Å². The molecule has 0 aliphatic carbocycles. The van der Waals surface area contributed by atoms with E-state index in [4.69, 9.17) is 29.2 Å². The fourth-order valence-corrected chi connectivity index (χ4v) is 10.6. The molecule has 0 atom stereocenters. The van der Waals surface area contributed by atoms with E-state index in [1.165, 1.54) is 0 Å². The first-order chi connectivity index (χ1) is 33.3. The van der Waals surface area contributed by atoms with Crippen LogP contribution in [0.25, 0.3) is 21.5 Å². The number of carbonyl (C=O) groups is 1. The van der Waals surface area contributed by atoms with Crippen molar-refractivity contribution in [2.45, 2.75) is 33.2 Å². The first kappa shape index (κ1) is 46.4. The highest BCUT2D eigenvalue weighted by atomic mass is 32.1. The number of anilines is 4. The van der Waals surface area contributed by atoms with Gasteiger partial charge in [0.2, 0.25) is 0 Å². The number of hydrogen-bond acceptors (Lipinski definition) is 7. The molecule has 0 aromatic heterocycles. The van der Waals surface area contributed by atoms with Gasteiger partial charge in [0.25, 0.3) is 5.91 Å². The first-order valence-electron chi connectivity index (χ1n) is 23.9. The number of benzene rings is 7. The van der Waals surface area contributed by atoms with E-state index in [1.54, 1.807) is 0 Å². The van der Waals surface area contributed by atoms with Gasteiger partial charge in [-0.15, -0.1) is 0 Å². The van der Waals surface area contributed by atoms with Crippen LogP contribution in [0.15, 0.2) is 146 Å². The number of nitrogens with zero attached hydrogens (tertiary/aromatic N) is 4. The van der Waals surface area contributed by atoms with Crippen molar-refractivity contribution in [2.75, 3.05) is 85.9 Å². The Bertz CT molecular complexity index is 2800. The zero-order chi connectivity index (χ0) is 47.2. The highest BCUT2D eigenvalue weighted by Gasteiger charge is 2.56. The largest absolute Gasteiger partial charge is 0.456 e. The third-order valence-corrected chi connectivity index (χ3v) is 14.0. The predicted molar refractivity (Wildman–Crippen MR) is 290 cm³/mol. The maximum absolute atomic E-state index is 15.2. The smallest absolute Gasteiger partial charge is 0.255 e. The minimum absolute atomic E-state index is 0.00262. The number of rotatable bonds is 17. The molecule has 0 saturated heterocycles. The molecule has 1 spiro atoms. The number of ether oxygens (including phenoxy) is 1. The molecule has 1 amide bonds. The van der Waals surface area contributed by atoms with Crippen molar-refractivity contribution in [1.82, 2.24) is 20.4 Å². The maximum atomic E-state index is 15.2. The number of thiocarbonyl (C=S) groups is 2. The Morgan fingerprint density at radius 2 is 1.03 bits per heavy atom. The molecule has 7 aromatic rings. The van der Waals surface area contributed by atoms with Crippen LogP contribution in [0.5, 0.6) is 11.5 Å². The third kappa shape index (κ3) is 9.03. The van der Waals surface area contributed by atoms with Crippen molar-refractivity contribution in [3.05, 3.63) is 168 Å². The van der Waals surface area contributed by atoms with Gasteiger partial charge in [0.05, 0.1) is 0 Å². The number of amides is 1. The molecule has 0 bridgehead atoms. The average Bonchev–Trinajstić information content (AvgIpc) is 3.60. The van der Waals surface area contributed by atoms with Gasteiger partial charge in [0.15, 0.2) is 10.2 Å². The lowest BCUT2D eigenvalue weighted by Gasteiger charge is -2.45. The van der Waals surface area contributed by atoms with E-state index in [1.807, 2.05) is 60.7 Å². The second-order valence-corrected chi connectivity index (χ2v) is 18.0. The van der Waals surface area contributed by atoms with Crippen LogP contribution in [0, 0.1) is 0 Å². The summed E-state index contributed by atoms with van der Waals surface area (Å²) in [5.41, 5.74) is 6.73. The van der Waals surface area contributed by atoms with Gasteiger partial charge in [-0.1, -0.05) is 103 Å². The Hall–Kier alpha value is -6.73. The van der Waals surface area contributed by atoms with E-state index in [0.717, 1.165) is 98.7 Å². The predicted octanol–water partition coefficient (Wildman–Crippen LogP) is 10.8. The molecule has 4 N–H and O–H groups in total. The second-order valence-electron chi connectivity index (χ2n) is 17.2. The van der Waals surface area contributed by atoms with Crippen LogP contribution in [-0.4, -0.2) is 91.4 Å². The number of hydrogen-bond donors (Lipinski definition) is 4. The standard InChI is InChI=1S/C56H60N8O2S2/c1-5-62(6-2)41-27-29-47-51(37-41)66-52-38-42(63(7-3)8-4)28-30-48(52)56(47)46-24-14-13-23-45(46)53(65)64(56)36-35-61(33-31-57-54(67)59-49-25-15-19-39-17-9-11-21-43(39)49)34-32-58-55(68)60-50-26-16-20-40-18-10-12-22-44(40)50/h9-30,37-38H,5-8,31-36H2,1-4H3,(H2,57,59,67)(H2,58,60,68). The molecule has 2 aliphatic rings. The van der Waals surface area contributed by atoms with Crippen molar-refractivity contribution < 1.29 is 9.53 Å². The summed E-state index contributed by atoms with van der Waals surface area (Å²) in [6.45, 7) is 15.6. The lowest BCUT2D eigenvalue weighted by molar-refractivity contribution is 0.0636. The molecular formula is C56H60N8O2S2. The molecule has 68 heavy (non-hydrogen) atoms. The summed E-state index contributed by atoms with van der Waals surface area (Å²) in [7, 11) is 0. The highest BCUT2D eigenvalue weighted by molar-refractivity contribution is 7.80. The van der Waals surface area contributed by atoms with Crippen molar-refractivity contribution in [3.63, 3.8) is 0 Å². The molecule has 0 saturated carbocycles. The van der Waals surface area contributed by atoms with E-state index < -0.39 is 5.54 Å². The molecule has 348 valence electrons. The molecule has 12 heteroatoms. The molecule has 2 aliphatic heterocycles. The summed E-state index contributed by atoms with van der Waals surface area (Å²) in [5, 5.41) is 19.4. The Kier molecular flexibility index (Phi) is 14.1. The molecule has 0 unspecified atom stereocenters. The molecule has 0 fully saturated rings. The van der Waals surface area contributed by atoms with Crippen LogP contribution in [0.4, 0.5) is 22.7 Å². The van der Waals surface area contributed by atoms with E-state index >= 15 is 4.79 Å². The highest BCUT2D eigenvalue weighted by Crippen LogP contribution is 2.58. The number of carbonyl (C=O) groups excluding carboxylic acids is 1. The zero-order valence-corrected chi connectivity index (χ0v) is 41.0. The van der Waals surface area contributed by atoms with Gasteiger partial charge in [0, 0.05) is 128 Å². The van der Waals surface area contributed by atoms with Gasteiger partial charge < -0.3 is 40.7 Å². The molecule has 10 nitrogen and oxygen atoms in total. The minimum atomic E-state index is -0.934. The van der Waals surface area contributed by atoms with Crippen molar-refractivity contribution in [3.8, 4) is 11.5 Å². The van der Waals surface area contributed by atoms with Gasteiger partial charge in [-0.25, -0.2) is 0 Å². The molecule has 2 heterocycles. The Balaban J connectivity index is 1.02. The van der Waals surface area contributed by atoms with Gasteiger partial charge >= 0.3 is 0 Å². The lowest BCUT2D eigenvalue weighted by Crippen LogP contribution is -2.51. The van der Waals surface area contributed by atoms with E-state index in [-0.39, 0.29) is 5.91 Å². The van der Waals surface area contributed by atoms with Gasteiger partial charge in [0.1, 0.15) is 17.0 Å². The summed E-state index contributed by atoms with van der Waals surface area (Å²) >= 11 is 11.7. The maximum Gasteiger partial charge on any atom is 0.255 e. The fourth-order valence-electron chi connectivity index (χ4n) is 10.1. The van der Waals surface area contributed by atoms with Crippen LogP contribution in [0.1, 0.15) is 54.7 Å². The lowest BCUT2D eigenvalue weighted by atomic mass is 9.74. The molecule has 9 rings (SSSR count). The minimum Gasteiger partial charge on any atom is -0.456 e. The molecule has 7 aromatic carbocycles. The van der Waals surface area contributed by atoms with E-state index in [9.17, 15) is 0 Å². The summed E-state index contributed by atoms with van der Waals surface area (Å²) < 4.78 is 6.98. The fraction of sp³-hybridized carbons (Fsp3) is 0.268. The van der Waals surface area contributed by atoms with Crippen LogP contribution in [-0.2, 0) is 5.54 Å². The van der Waals surface area contributed by atoms with E-state index in [0.29, 0.717) is 55.1 Å². The third-order valence-electron chi connectivity index (χ3n) is 13.5. The quantitative estimate of drug-likeness (QED) is 0.0659. The summed E-state index contributed by atoms with van der Waals surface area (Å²) in [5.74, 6) is 1.52. The average molecular weight is 941 g/mol. The topological polar surface area (TPSA) is 87.4 Å². The Morgan fingerprint density at radius 1 is 0.559 bits per heavy atom.